The lowest BCUT2D eigenvalue weighted by Crippen LogP contribution is -2.34. The van der Waals surface area contributed by atoms with Crippen molar-refractivity contribution >= 4 is 40.2 Å². The quantitative estimate of drug-likeness (QED) is 0.810. The second-order valence-corrected chi connectivity index (χ2v) is 5.68. The first-order valence-corrected chi connectivity index (χ1v) is 7.11. The van der Waals surface area contributed by atoms with Gasteiger partial charge in [-0.25, -0.2) is 9.67 Å². The summed E-state index contributed by atoms with van der Waals surface area (Å²) in [4.78, 5) is 16.7. The number of nitrogens with zero attached hydrogens (tertiary/aromatic N) is 3. The molecule has 0 bridgehead atoms. The molecule has 1 aliphatic heterocycles. The van der Waals surface area contributed by atoms with Crippen LogP contribution in [0, 0.1) is 0 Å². The number of aromatic nitrogens is 2. The summed E-state index contributed by atoms with van der Waals surface area (Å²) >= 11 is 13.0. The predicted octanol–water partition coefficient (Wildman–Crippen LogP) is 2.24. The van der Waals surface area contributed by atoms with Gasteiger partial charge in [0.05, 0.1) is 23.9 Å². The van der Waals surface area contributed by atoms with Crippen LogP contribution < -0.4 is 9.67 Å². The van der Waals surface area contributed by atoms with E-state index in [0.29, 0.717) is 33.7 Å². The van der Waals surface area contributed by atoms with Crippen LogP contribution in [0.15, 0.2) is 28.0 Å². The molecule has 1 aromatic heterocycles. The number of hydrogen-bond acceptors (Lipinski definition) is 4. The van der Waals surface area contributed by atoms with Crippen molar-refractivity contribution in [3.8, 4) is 0 Å². The average Bonchev–Trinajstić information content (AvgIpc) is 2.71. The molecule has 100 valence electrons. The Morgan fingerprint density at radius 1 is 1.32 bits per heavy atom. The molecule has 0 unspecified atom stereocenters. The Morgan fingerprint density at radius 2 is 2.16 bits per heavy atom. The SMILES string of the molecule is O=c1s/c(=N\c2ccc(Cl)cc2Cl)n2n1COCC2. The van der Waals surface area contributed by atoms with Crippen molar-refractivity contribution in [2.24, 2.45) is 4.99 Å². The Hall–Kier alpha value is -1.08. The fourth-order valence-electron chi connectivity index (χ4n) is 1.78. The van der Waals surface area contributed by atoms with E-state index in [1.807, 2.05) is 0 Å². The minimum absolute atomic E-state index is 0.0939. The first-order valence-electron chi connectivity index (χ1n) is 5.53. The van der Waals surface area contributed by atoms with Crippen LogP contribution in [0.2, 0.25) is 10.0 Å². The van der Waals surface area contributed by atoms with Crippen LogP contribution in [0.5, 0.6) is 0 Å². The van der Waals surface area contributed by atoms with E-state index in [0.717, 1.165) is 11.3 Å². The van der Waals surface area contributed by atoms with Gasteiger partial charge in [-0.15, -0.1) is 0 Å². The summed E-state index contributed by atoms with van der Waals surface area (Å²) in [6.45, 7) is 1.43. The molecule has 8 heteroatoms. The molecule has 0 radical (unpaired) electrons. The Bertz CT molecular complexity index is 747. The van der Waals surface area contributed by atoms with E-state index in [9.17, 15) is 4.79 Å². The Morgan fingerprint density at radius 3 is 2.95 bits per heavy atom. The lowest BCUT2D eigenvalue weighted by Gasteiger charge is -2.16. The summed E-state index contributed by atoms with van der Waals surface area (Å²) in [5.74, 6) is 0. The second-order valence-electron chi connectivity index (χ2n) is 3.92. The molecule has 0 saturated carbocycles. The Labute approximate surface area is 122 Å². The van der Waals surface area contributed by atoms with Gasteiger partial charge in [0, 0.05) is 5.02 Å². The normalized spacial score (nSPS) is 15.6. The third kappa shape index (κ3) is 2.49. The molecule has 0 saturated heterocycles. The molecule has 3 rings (SSSR count). The minimum atomic E-state index is -0.0939. The van der Waals surface area contributed by atoms with Crippen LogP contribution in [0.25, 0.3) is 0 Å². The second kappa shape index (κ2) is 5.13. The maximum atomic E-state index is 11.8. The van der Waals surface area contributed by atoms with Gasteiger partial charge in [0.1, 0.15) is 6.73 Å². The maximum Gasteiger partial charge on any atom is 0.327 e. The van der Waals surface area contributed by atoms with Crippen LogP contribution in [0.4, 0.5) is 5.69 Å². The van der Waals surface area contributed by atoms with Crippen LogP contribution in [-0.2, 0) is 18.0 Å². The van der Waals surface area contributed by atoms with Gasteiger partial charge in [-0.3, -0.25) is 9.48 Å². The molecular weight excluding hydrogens is 309 g/mol. The smallest absolute Gasteiger partial charge is 0.327 e. The summed E-state index contributed by atoms with van der Waals surface area (Å²) in [5.41, 5.74) is 0.592. The predicted molar refractivity (Wildman–Crippen MR) is 74.2 cm³/mol. The minimum Gasteiger partial charge on any atom is -0.357 e. The van der Waals surface area contributed by atoms with E-state index in [1.54, 1.807) is 22.9 Å². The van der Waals surface area contributed by atoms with E-state index in [2.05, 4.69) is 4.99 Å². The molecule has 0 fully saturated rings. The lowest BCUT2D eigenvalue weighted by atomic mass is 10.3. The summed E-state index contributed by atoms with van der Waals surface area (Å²) in [6, 6.07) is 5.07. The van der Waals surface area contributed by atoms with E-state index in [4.69, 9.17) is 27.9 Å². The zero-order valence-corrected chi connectivity index (χ0v) is 12.0. The number of benzene rings is 1. The molecule has 19 heavy (non-hydrogen) atoms. The van der Waals surface area contributed by atoms with Crippen molar-refractivity contribution in [2.45, 2.75) is 13.3 Å². The Balaban J connectivity index is 2.16. The average molecular weight is 318 g/mol. The highest BCUT2D eigenvalue weighted by Gasteiger charge is 2.13. The first-order chi connectivity index (χ1) is 9.15. The molecular formula is C11H9Cl2N3O2S. The van der Waals surface area contributed by atoms with Crippen LogP contribution in [0.1, 0.15) is 0 Å². The van der Waals surface area contributed by atoms with Crippen LogP contribution in [-0.4, -0.2) is 16.0 Å². The largest absolute Gasteiger partial charge is 0.357 e. The van der Waals surface area contributed by atoms with E-state index in [-0.39, 0.29) is 11.6 Å². The highest BCUT2D eigenvalue weighted by atomic mass is 35.5. The van der Waals surface area contributed by atoms with Crippen molar-refractivity contribution in [1.82, 2.24) is 9.36 Å². The summed E-state index contributed by atoms with van der Waals surface area (Å²) in [7, 11) is 0. The topological polar surface area (TPSA) is 48.5 Å². The molecule has 2 aromatic rings. The zero-order chi connectivity index (χ0) is 13.4. The first kappa shape index (κ1) is 12.9. The standard InChI is InChI=1S/C11H9Cl2N3O2S/c12-7-1-2-9(8(13)5-7)14-10-15-3-4-18-6-16(15)11(17)19-10/h1-2,5H,3-4,6H2/b14-10-. The number of ether oxygens (including phenoxy) is 1. The van der Waals surface area contributed by atoms with Crippen molar-refractivity contribution in [3.05, 3.63) is 42.7 Å². The maximum absolute atomic E-state index is 11.8. The lowest BCUT2D eigenvalue weighted by molar-refractivity contribution is 0.0116. The van der Waals surface area contributed by atoms with E-state index >= 15 is 0 Å². The zero-order valence-electron chi connectivity index (χ0n) is 9.68. The molecule has 0 atom stereocenters. The Kier molecular flexibility index (Phi) is 3.49. The number of halogens is 2. The summed E-state index contributed by atoms with van der Waals surface area (Å²) in [6.07, 6.45) is 0. The number of hydrogen-bond donors (Lipinski definition) is 0. The number of rotatable bonds is 1. The van der Waals surface area contributed by atoms with E-state index < -0.39 is 0 Å². The van der Waals surface area contributed by atoms with Crippen molar-refractivity contribution in [2.75, 3.05) is 6.61 Å². The van der Waals surface area contributed by atoms with Crippen molar-refractivity contribution in [3.63, 3.8) is 0 Å². The van der Waals surface area contributed by atoms with Gasteiger partial charge in [0.2, 0.25) is 4.80 Å². The molecule has 1 aliphatic rings. The summed E-state index contributed by atoms with van der Waals surface area (Å²) in [5, 5.41) is 1.01. The van der Waals surface area contributed by atoms with Gasteiger partial charge in [0.25, 0.3) is 0 Å². The highest BCUT2D eigenvalue weighted by Crippen LogP contribution is 2.27. The molecule has 5 nitrogen and oxygen atoms in total. The van der Waals surface area contributed by atoms with Crippen molar-refractivity contribution in [1.29, 1.82) is 0 Å². The molecule has 0 aliphatic carbocycles. The van der Waals surface area contributed by atoms with Gasteiger partial charge in [-0.2, -0.15) is 0 Å². The molecule has 2 heterocycles. The van der Waals surface area contributed by atoms with Gasteiger partial charge in [-0.1, -0.05) is 23.2 Å². The van der Waals surface area contributed by atoms with Gasteiger partial charge in [-0.05, 0) is 29.5 Å². The van der Waals surface area contributed by atoms with Crippen LogP contribution >= 0.6 is 34.5 Å². The summed E-state index contributed by atoms with van der Waals surface area (Å²) < 4.78 is 8.57. The van der Waals surface area contributed by atoms with Gasteiger partial charge >= 0.3 is 4.87 Å². The van der Waals surface area contributed by atoms with Gasteiger partial charge in [0.15, 0.2) is 0 Å². The third-order valence-corrected chi connectivity index (χ3v) is 4.10. The molecule has 0 N–H and O–H groups in total. The number of fused-ring (bicyclic) bond motifs is 1. The molecule has 0 spiro atoms. The van der Waals surface area contributed by atoms with Crippen LogP contribution in [0.3, 0.4) is 0 Å². The molecule has 0 amide bonds. The van der Waals surface area contributed by atoms with Crippen molar-refractivity contribution < 1.29 is 4.74 Å². The third-order valence-electron chi connectivity index (χ3n) is 2.69. The monoisotopic (exact) mass is 317 g/mol. The fourth-order valence-corrected chi connectivity index (χ4v) is 3.08. The highest BCUT2D eigenvalue weighted by molar-refractivity contribution is 7.06. The van der Waals surface area contributed by atoms with Gasteiger partial charge < -0.3 is 4.74 Å². The van der Waals surface area contributed by atoms with E-state index in [1.165, 1.54) is 4.68 Å². The molecule has 1 aromatic carbocycles. The fraction of sp³-hybridized carbons (Fsp3) is 0.273.